The normalized spacial score (nSPS) is 16.9. The lowest BCUT2D eigenvalue weighted by Crippen LogP contribution is -2.31. The van der Waals surface area contributed by atoms with Gasteiger partial charge in [0, 0.05) is 13.0 Å². The van der Waals surface area contributed by atoms with Crippen molar-refractivity contribution in [3.05, 3.63) is 29.8 Å². The SMILES string of the molecule is N#CCC1(CNS(=O)(=O)c2cccc(F)c2F)CC1. The minimum atomic E-state index is -4.10. The highest BCUT2D eigenvalue weighted by atomic mass is 32.2. The molecule has 0 saturated heterocycles. The number of halogens is 2. The maximum atomic E-state index is 13.4. The molecule has 0 unspecified atom stereocenters. The zero-order valence-electron chi connectivity index (χ0n) is 9.99. The molecular formula is C12H12F2N2O2S. The van der Waals surface area contributed by atoms with Crippen molar-refractivity contribution in [3.8, 4) is 6.07 Å². The molecule has 0 amide bonds. The van der Waals surface area contributed by atoms with Crippen LogP contribution in [0.1, 0.15) is 19.3 Å². The van der Waals surface area contributed by atoms with Crippen molar-refractivity contribution in [1.29, 1.82) is 5.26 Å². The number of benzene rings is 1. The number of nitrogens with one attached hydrogen (secondary N) is 1. The Labute approximate surface area is 110 Å². The van der Waals surface area contributed by atoms with E-state index in [1.807, 2.05) is 6.07 Å². The third-order valence-corrected chi connectivity index (χ3v) is 4.67. The lowest BCUT2D eigenvalue weighted by atomic mass is 10.1. The summed E-state index contributed by atoms with van der Waals surface area (Å²) in [6, 6.07) is 4.99. The first-order chi connectivity index (χ1) is 8.90. The summed E-state index contributed by atoms with van der Waals surface area (Å²) in [7, 11) is -4.10. The molecule has 2 rings (SSSR count). The monoisotopic (exact) mass is 286 g/mol. The van der Waals surface area contributed by atoms with Crippen molar-refractivity contribution in [2.24, 2.45) is 5.41 Å². The highest BCUT2D eigenvalue weighted by molar-refractivity contribution is 7.89. The molecule has 4 nitrogen and oxygen atoms in total. The fourth-order valence-corrected chi connectivity index (χ4v) is 3.02. The van der Waals surface area contributed by atoms with Crippen LogP contribution in [0.5, 0.6) is 0 Å². The summed E-state index contributed by atoms with van der Waals surface area (Å²) in [5.74, 6) is -2.60. The summed E-state index contributed by atoms with van der Waals surface area (Å²) in [6.45, 7) is 0.0683. The van der Waals surface area contributed by atoms with Gasteiger partial charge in [0.2, 0.25) is 10.0 Å². The van der Waals surface area contributed by atoms with Crippen LogP contribution in [-0.2, 0) is 10.0 Å². The van der Waals surface area contributed by atoms with Crippen molar-refractivity contribution in [1.82, 2.24) is 4.72 Å². The highest BCUT2D eigenvalue weighted by Crippen LogP contribution is 2.48. The maximum absolute atomic E-state index is 13.4. The first-order valence-corrected chi connectivity index (χ1v) is 7.19. The van der Waals surface area contributed by atoms with Gasteiger partial charge in [0.1, 0.15) is 4.90 Å². The lowest BCUT2D eigenvalue weighted by Gasteiger charge is -2.13. The van der Waals surface area contributed by atoms with E-state index in [1.54, 1.807) is 0 Å². The van der Waals surface area contributed by atoms with Gasteiger partial charge >= 0.3 is 0 Å². The summed E-state index contributed by atoms with van der Waals surface area (Å²) in [5.41, 5.74) is -0.342. The second-order valence-corrected chi connectivity index (χ2v) is 6.45. The molecule has 0 aliphatic heterocycles. The Bertz CT molecular complexity index is 634. The molecule has 1 saturated carbocycles. The van der Waals surface area contributed by atoms with Crippen molar-refractivity contribution >= 4 is 10.0 Å². The molecule has 1 aromatic carbocycles. The topological polar surface area (TPSA) is 70.0 Å². The summed E-state index contributed by atoms with van der Waals surface area (Å²) in [4.78, 5) is -0.708. The van der Waals surface area contributed by atoms with Gasteiger partial charge < -0.3 is 0 Å². The van der Waals surface area contributed by atoms with E-state index in [1.165, 1.54) is 0 Å². The second-order valence-electron chi connectivity index (χ2n) is 4.71. The van der Waals surface area contributed by atoms with Gasteiger partial charge in [-0.1, -0.05) is 6.07 Å². The van der Waals surface area contributed by atoms with Gasteiger partial charge in [0.25, 0.3) is 0 Å². The molecule has 1 aromatic rings. The number of nitriles is 1. The molecule has 0 aromatic heterocycles. The van der Waals surface area contributed by atoms with Gasteiger partial charge in [0.05, 0.1) is 6.07 Å². The maximum Gasteiger partial charge on any atom is 0.243 e. The molecule has 0 spiro atoms. The quantitative estimate of drug-likeness (QED) is 0.899. The van der Waals surface area contributed by atoms with Crippen LogP contribution in [0.15, 0.2) is 23.1 Å². The number of sulfonamides is 1. The molecular weight excluding hydrogens is 274 g/mol. The zero-order chi connectivity index (χ0) is 14.1. The average Bonchev–Trinajstić information content (AvgIpc) is 3.11. The molecule has 19 heavy (non-hydrogen) atoms. The van der Waals surface area contributed by atoms with E-state index >= 15 is 0 Å². The van der Waals surface area contributed by atoms with E-state index < -0.39 is 26.6 Å². The Morgan fingerprint density at radius 1 is 1.37 bits per heavy atom. The Morgan fingerprint density at radius 3 is 2.63 bits per heavy atom. The first kappa shape index (κ1) is 13.9. The largest absolute Gasteiger partial charge is 0.243 e. The summed E-state index contributed by atoms with van der Waals surface area (Å²) in [6.07, 6.45) is 1.77. The van der Waals surface area contributed by atoms with E-state index in [0.717, 1.165) is 31.0 Å². The molecule has 1 aliphatic rings. The molecule has 102 valence electrons. The summed E-state index contributed by atoms with van der Waals surface area (Å²) >= 11 is 0. The van der Waals surface area contributed by atoms with E-state index in [4.69, 9.17) is 5.26 Å². The molecule has 0 radical (unpaired) electrons. The molecule has 7 heteroatoms. The van der Waals surface area contributed by atoms with Crippen LogP contribution in [0.25, 0.3) is 0 Å². The van der Waals surface area contributed by atoms with E-state index in [0.29, 0.717) is 0 Å². The van der Waals surface area contributed by atoms with Crippen molar-refractivity contribution in [3.63, 3.8) is 0 Å². The molecule has 0 atom stereocenters. The summed E-state index contributed by atoms with van der Waals surface area (Å²) < 4.78 is 52.5. The fraction of sp³-hybridized carbons (Fsp3) is 0.417. The van der Waals surface area contributed by atoms with Gasteiger partial charge in [0.15, 0.2) is 11.6 Å². The number of hydrogen-bond acceptors (Lipinski definition) is 3. The molecule has 0 heterocycles. The van der Waals surface area contributed by atoms with Crippen LogP contribution in [0.4, 0.5) is 8.78 Å². The van der Waals surface area contributed by atoms with Gasteiger partial charge in [-0.05, 0) is 30.4 Å². The Hall–Kier alpha value is -1.52. The highest BCUT2D eigenvalue weighted by Gasteiger charge is 2.43. The summed E-state index contributed by atoms with van der Waals surface area (Å²) in [5, 5.41) is 8.63. The number of rotatable bonds is 5. The van der Waals surface area contributed by atoms with Crippen molar-refractivity contribution in [2.75, 3.05) is 6.54 Å². The lowest BCUT2D eigenvalue weighted by molar-refractivity contribution is 0.475. The fourth-order valence-electron chi connectivity index (χ4n) is 1.78. The van der Waals surface area contributed by atoms with E-state index in [9.17, 15) is 17.2 Å². The van der Waals surface area contributed by atoms with Crippen LogP contribution in [0.3, 0.4) is 0 Å². The van der Waals surface area contributed by atoms with Crippen molar-refractivity contribution < 1.29 is 17.2 Å². The molecule has 1 N–H and O–H groups in total. The minimum absolute atomic E-state index is 0.0683. The van der Waals surface area contributed by atoms with E-state index in [-0.39, 0.29) is 18.4 Å². The first-order valence-electron chi connectivity index (χ1n) is 5.71. The third kappa shape index (κ3) is 2.91. The van der Waals surface area contributed by atoms with Gasteiger partial charge in [-0.2, -0.15) is 5.26 Å². The van der Waals surface area contributed by atoms with Crippen LogP contribution in [-0.4, -0.2) is 15.0 Å². The van der Waals surface area contributed by atoms with Crippen molar-refractivity contribution in [2.45, 2.75) is 24.2 Å². The van der Waals surface area contributed by atoms with Crippen LogP contribution in [0.2, 0.25) is 0 Å². The second kappa shape index (κ2) is 4.87. The standard InChI is InChI=1S/C12H12F2N2O2S/c13-9-2-1-3-10(11(9)14)19(17,18)16-8-12(4-5-12)6-7-15/h1-3,16H,4-6,8H2. The van der Waals surface area contributed by atoms with Gasteiger partial charge in [-0.15, -0.1) is 0 Å². The third-order valence-electron chi connectivity index (χ3n) is 3.25. The predicted molar refractivity (Wildman–Crippen MR) is 63.4 cm³/mol. The van der Waals surface area contributed by atoms with Gasteiger partial charge in [-0.25, -0.2) is 21.9 Å². The number of nitrogens with zero attached hydrogens (tertiary/aromatic N) is 1. The molecule has 0 bridgehead atoms. The predicted octanol–water partition coefficient (Wildman–Crippen LogP) is 1.94. The Morgan fingerprint density at radius 2 is 2.05 bits per heavy atom. The Balaban J connectivity index is 2.15. The smallest absolute Gasteiger partial charge is 0.210 e. The van der Waals surface area contributed by atoms with E-state index in [2.05, 4.69) is 4.72 Å². The average molecular weight is 286 g/mol. The van der Waals surface area contributed by atoms with Gasteiger partial charge in [-0.3, -0.25) is 0 Å². The number of hydrogen-bond donors (Lipinski definition) is 1. The molecule has 1 fully saturated rings. The van der Waals surface area contributed by atoms with Crippen LogP contribution >= 0.6 is 0 Å². The zero-order valence-corrected chi connectivity index (χ0v) is 10.8. The molecule has 1 aliphatic carbocycles. The minimum Gasteiger partial charge on any atom is -0.210 e. The van der Waals surface area contributed by atoms with Crippen LogP contribution in [0, 0.1) is 28.4 Å². The van der Waals surface area contributed by atoms with Crippen LogP contribution < -0.4 is 4.72 Å². The Kier molecular flexibility index (Phi) is 3.56.